The summed E-state index contributed by atoms with van der Waals surface area (Å²) in [7, 11) is 0. The van der Waals surface area contributed by atoms with Gasteiger partial charge in [-0.1, -0.05) is 84.9 Å². The van der Waals surface area contributed by atoms with Crippen LogP contribution >= 0.6 is 34.0 Å². The van der Waals surface area contributed by atoms with Crippen molar-refractivity contribution in [3.8, 4) is 39.4 Å². The molecule has 0 amide bonds. The number of carbonyl (C=O) groups is 2. The van der Waals surface area contributed by atoms with Crippen LogP contribution in [-0.4, -0.2) is 33.3 Å². The molecule has 3 aromatic heterocycles. The van der Waals surface area contributed by atoms with Crippen LogP contribution in [0.1, 0.15) is 23.6 Å². The Morgan fingerprint density at radius 3 is 1.95 bits per heavy atom. The molecular formula is C51H35N3O5S3. The summed E-state index contributed by atoms with van der Waals surface area (Å²) < 4.78 is 5.27. The van der Waals surface area contributed by atoms with E-state index in [-0.39, 0.29) is 9.20 Å². The highest BCUT2D eigenvalue weighted by Crippen LogP contribution is 2.49. The Morgan fingerprint density at radius 2 is 1.29 bits per heavy atom. The van der Waals surface area contributed by atoms with Gasteiger partial charge in [-0.25, -0.2) is 4.79 Å². The number of thiazole rings is 1. The number of benzene rings is 6. The lowest BCUT2D eigenvalue weighted by Gasteiger charge is -2.26. The molecule has 0 unspecified atom stereocenters. The molecule has 11 heteroatoms. The second-order valence-electron chi connectivity index (χ2n) is 15.1. The highest BCUT2D eigenvalue weighted by atomic mass is 32.1. The first-order chi connectivity index (χ1) is 30.2. The van der Waals surface area contributed by atoms with Crippen molar-refractivity contribution in [3.63, 3.8) is 0 Å². The number of carboxylic acid groups (broad SMARTS) is 2. The molecule has 0 fully saturated rings. The highest BCUT2D eigenvalue weighted by molar-refractivity contribution is 7.36. The van der Waals surface area contributed by atoms with Crippen LogP contribution in [0, 0.1) is 11.3 Å². The molecule has 302 valence electrons. The first-order valence-electron chi connectivity index (χ1n) is 20.1. The number of hydrogen-bond donors (Lipinski definition) is 2. The predicted octanol–water partition coefficient (Wildman–Crippen LogP) is 10.4. The minimum atomic E-state index is -1.54. The van der Waals surface area contributed by atoms with Gasteiger partial charge in [0.1, 0.15) is 17.3 Å². The van der Waals surface area contributed by atoms with E-state index in [1.807, 2.05) is 36.4 Å². The fraction of sp³-hybridized carbons (Fsp3) is 0.0980. The Labute approximate surface area is 367 Å². The van der Waals surface area contributed by atoms with Crippen LogP contribution in [0.25, 0.3) is 74.6 Å². The van der Waals surface area contributed by atoms with E-state index in [2.05, 4.69) is 103 Å². The molecular weight excluding hydrogens is 831 g/mol. The summed E-state index contributed by atoms with van der Waals surface area (Å²) in [5.41, 5.74) is 10.9. The molecule has 0 saturated carbocycles. The van der Waals surface area contributed by atoms with Crippen molar-refractivity contribution in [2.45, 2.75) is 26.3 Å². The third-order valence-corrected chi connectivity index (χ3v) is 15.2. The Balaban J connectivity index is 1.19. The summed E-state index contributed by atoms with van der Waals surface area (Å²) in [6.07, 6.45) is 3.60. The van der Waals surface area contributed by atoms with E-state index in [0.29, 0.717) is 5.56 Å². The standard InChI is InChI=1S/C51H35N3O5S3/c1-2-53-41-16-10-9-15-31(41)17-18-33-21-32(19-20-42(33)53)36-24-39-44(26-37(36)30-13-7-4-8-14-30)61-47-38-22-34(35(25-43(38)60-48(39)47)29-11-5-3-6-12-29)23-45-49(57)54(28-46(55)56)50(62-45)40(27-52)51(58)59/h3-16,19-26H,2,17-18,28H2,1H3,(H,55,56)(H,58,59)/b45-23+,50-40+. The quantitative estimate of drug-likeness (QED) is 0.156. The van der Waals surface area contributed by atoms with Gasteiger partial charge in [-0.15, -0.1) is 34.0 Å². The molecule has 0 saturated heterocycles. The number of carboxylic acids is 2. The van der Waals surface area contributed by atoms with E-state index in [4.69, 9.17) is 0 Å². The van der Waals surface area contributed by atoms with E-state index in [1.54, 1.807) is 34.8 Å². The number of rotatable bonds is 8. The minimum absolute atomic E-state index is 0.124. The van der Waals surface area contributed by atoms with Crippen LogP contribution in [0.5, 0.6) is 0 Å². The molecule has 6 aromatic carbocycles. The first kappa shape index (κ1) is 39.1. The van der Waals surface area contributed by atoms with Gasteiger partial charge in [-0.3, -0.25) is 14.2 Å². The van der Waals surface area contributed by atoms with Crippen molar-refractivity contribution in [1.29, 1.82) is 5.26 Å². The maximum absolute atomic E-state index is 13.8. The lowest BCUT2D eigenvalue weighted by Crippen LogP contribution is -2.35. The topological polar surface area (TPSA) is 124 Å². The Hall–Kier alpha value is -7.10. The van der Waals surface area contributed by atoms with Crippen molar-refractivity contribution >= 4 is 98.5 Å². The van der Waals surface area contributed by atoms with Crippen molar-refractivity contribution in [2.24, 2.45) is 0 Å². The fourth-order valence-corrected chi connectivity index (χ4v) is 12.5. The summed E-state index contributed by atoms with van der Waals surface area (Å²) in [6.45, 7) is 2.30. The summed E-state index contributed by atoms with van der Waals surface area (Å²) in [5, 5.41) is 31.3. The zero-order valence-electron chi connectivity index (χ0n) is 33.2. The van der Waals surface area contributed by atoms with Crippen molar-refractivity contribution < 1.29 is 19.8 Å². The van der Waals surface area contributed by atoms with Crippen LogP contribution < -0.4 is 19.7 Å². The molecule has 4 heterocycles. The summed E-state index contributed by atoms with van der Waals surface area (Å²) in [4.78, 5) is 40.1. The third-order valence-electron chi connectivity index (χ3n) is 11.5. The maximum Gasteiger partial charge on any atom is 0.349 e. The number of anilines is 2. The summed E-state index contributed by atoms with van der Waals surface area (Å²) in [5.74, 6) is -2.86. The lowest BCUT2D eigenvalue weighted by molar-refractivity contribution is -0.138. The van der Waals surface area contributed by atoms with Crippen molar-refractivity contribution in [2.75, 3.05) is 11.4 Å². The Kier molecular flexibility index (Phi) is 9.91. The number of para-hydroxylation sites is 1. The minimum Gasteiger partial charge on any atom is -0.480 e. The van der Waals surface area contributed by atoms with Gasteiger partial charge in [0.15, 0.2) is 5.57 Å². The number of nitriles is 1. The van der Waals surface area contributed by atoms with E-state index in [0.717, 1.165) is 92.7 Å². The van der Waals surface area contributed by atoms with Crippen LogP contribution in [0.2, 0.25) is 0 Å². The number of aliphatic carboxylic acids is 2. The molecule has 0 bridgehead atoms. The number of thiophene rings is 2. The monoisotopic (exact) mass is 865 g/mol. The van der Waals surface area contributed by atoms with E-state index in [9.17, 15) is 29.9 Å². The first-order valence-corrected chi connectivity index (χ1v) is 22.5. The average Bonchev–Trinajstić information content (AvgIpc) is 3.87. The van der Waals surface area contributed by atoms with Gasteiger partial charge in [0.05, 0.1) is 13.9 Å². The molecule has 9 aromatic rings. The van der Waals surface area contributed by atoms with Gasteiger partial charge in [0.2, 0.25) is 0 Å². The SMILES string of the molecule is CCN1c2ccccc2CCc2cc(-c3cc4c(cc3-c3ccccc3)sc3c5cc(/C=c6/s/c(=C(\C#N)C(=O)O)n(CC(=O)O)c6=O)c(-c6ccccc6)cc5sc43)ccc21. The average molecular weight is 866 g/mol. The maximum atomic E-state index is 13.8. The number of aromatic nitrogens is 1. The van der Waals surface area contributed by atoms with Gasteiger partial charge >= 0.3 is 11.9 Å². The Morgan fingerprint density at radius 1 is 0.694 bits per heavy atom. The summed E-state index contributed by atoms with van der Waals surface area (Å²) in [6, 6.07) is 46.5. The van der Waals surface area contributed by atoms with Crippen molar-refractivity contribution in [3.05, 3.63) is 164 Å². The van der Waals surface area contributed by atoms with Crippen LogP contribution in [0.3, 0.4) is 0 Å². The molecule has 0 radical (unpaired) electrons. The molecule has 0 aliphatic carbocycles. The smallest absolute Gasteiger partial charge is 0.349 e. The number of nitrogens with zero attached hydrogens (tertiary/aromatic N) is 3. The molecule has 2 N–H and O–H groups in total. The van der Waals surface area contributed by atoms with Gasteiger partial charge in [0.25, 0.3) is 5.56 Å². The van der Waals surface area contributed by atoms with Gasteiger partial charge in [0, 0.05) is 38.1 Å². The molecule has 0 atom stereocenters. The third kappa shape index (κ3) is 6.69. The molecule has 0 spiro atoms. The zero-order valence-corrected chi connectivity index (χ0v) is 35.7. The second-order valence-corrected chi connectivity index (χ2v) is 18.3. The zero-order chi connectivity index (χ0) is 42.6. The van der Waals surface area contributed by atoms with Crippen LogP contribution in [0.15, 0.2) is 132 Å². The molecule has 1 aliphatic heterocycles. The predicted molar refractivity (Wildman–Crippen MR) is 253 cm³/mol. The number of aryl methyl sites for hydroxylation is 2. The number of fused-ring (bicyclic) bond motifs is 7. The van der Waals surface area contributed by atoms with Gasteiger partial charge < -0.3 is 15.1 Å². The van der Waals surface area contributed by atoms with E-state index in [1.165, 1.54) is 28.1 Å². The van der Waals surface area contributed by atoms with Crippen LogP contribution in [0.4, 0.5) is 11.4 Å². The molecule has 1 aliphatic rings. The lowest BCUT2D eigenvalue weighted by atomic mass is 9.91. The largest absolute Gasteiger partial charge is 0.480 e. The highest BCUT2D eigenvalue weighted by Gasteiger charge is 2.23. The van der Waals surface area contributed by atoms with Gasteiger partial charge in [-0.2, -0.15) is 5.26 Å². The fourth-order valence-electron chi connectivity index (χ4n) is 8.70. The summed E-state index contributed by atoms with van der Waals surface area (Å²) >= 11 is 4.27. The Bertz CT molecular complexity index is 3540. The van der Waals surface area contributed by atoms with Gasteiger partial charge in [-0.05, 0) is 118 Å². The number of hydrogen-bond acceptors (Lipinski definition) is 8. The molecule has 8 nitrogen and oxygen atoms in total. The normalized spacial score (nSPS) is 13.2. The second kappa shape index (κ2) is 15.7. The van der Waals surface area contributed by atoms with Crippen molar-refractivity contribution in [1.82, 2.24) is 4.57 Å². The van der Waals surface area contributed by atoms with E-state index < -0.39 is 29.6 Å². The molecule has 10 rings (SSSR count). The van der Waals surface area contributed by atoms with E-state index >= 15 is 0 Å². The molecule has 62 heavy (non-hydrogen) atoms. The van der Waals surface area contributed by atoms with Crippen LogP contribution in [-0.2, 0) is 29.0 Å².